The molecule has 2 rings (SSSR count). The molecule has 0 fully saturated rings. The van der Waals surface area contributed by atoms with Crippen molar-refractivity contribution in [2.45, 2.75) is 6.61 Å². The number of methoxy groups -OCH3 is 3. The van der Waals surface area contributed by atoms with E-state index in [0.29, 0.717) is 22.8 Å². The van der Waals surface area contributed by atoms with Gasteiger partial charge in [-0.2, -0.15) is 0 Å². The van der Waals surface area contributed by atoms with E-state index in [0.717, 1.165) is 12.1 Å². The molecule has 0 radical (unpaired) electrons. The van der Waals surface area contributed by atoms with Crippen molar-refractivity contribution in [1.29, 1.82) is 0 Å². The standard InChI is InChI=1S/C20H20N2O8/c1-27-16-8-12(9-17(28-2)19(16)29-3)4-7-18(23)30-11-14-6-5-13(20(21)24)10-15(14)22(25)26/h4-10H,11H2,1-3H3,(H2,21,24)/b7-4+. The summed E-state index contributed by atoms with van der Waals surface area (Å²) in [7, 11) is 4.41. The van der Waals surface area contributed by atoms with Crippen LogP contribution in [-0.2, 0) is 16.1 Å². The average Bonchev–Trinajstić information content (AvgIpc) is 2.74. The molecule has 0 aliphatic rings. The van der Waals surface area contributed by atoms with E-state index in [1.165, 1.54) is 39.5 Å². The molecule has 2 aromatic carbocycles. The summed E-state index contributed by atoms with van der Waals surface area (Å²) < 4.78 is 20.8. The van der Waals surface area contributed by atoms with E-state index in [1.54, 1.807) is 12.1 Å². The zero-order valence-corrected chi connectivity index (χ0v) is 16.5. The van der Waals surface area contributed by atoms with Crippen molar-refractivity contribution in [3.63, 3.8) is 0 Å². The number of esters is 1. The number of rotatable bonds is 9. The highest BCUT2D eigenvalue weighted by molar-refractivity contribution is 5.93. The monoisotopic (exact) mass is 416 g/mol. The van der Waals surface area contributed by atoms with Crippen molar-refractivity contribution in [3.05, 3.63) is 63.2 Å². The molecule has 10 heteroatoms. The zero-order valence-electron chi connectivity index (χ0n) is 16.5. The number of ether oxygens (including phenoxy) is 4. The Balaban J connectivity index is 2.14. The van der Waals surface area contributed by atoms with Crippen LogP contribution in [0.4, 0.5) is 5.69 Å². The van der Waals surface area contributed by atoms with E-state index in [2.05, 4.69) is 0 Å². The third-order valence-electron chi connectivity index (χ3n) is 4.04. The molecule has 0 bridgehead atoms. The minimum atomic E-state index is -0.796. The molecule has 0 saturated carbocycles. The lowest BCUT2D eigenvalue weighted by atomic mass is 10.1. The molecule has 0 aliphatic carbocycles. The van der Waals surface area contributed by atoms with Crippen LogP contribution in [0.25, 0.3) is 6.08 Å². The molecule has 0 heterocycles. The van der Waals surface area contributed by atoms with Crippen LogP contribution in [-0.4, -0.2) is 38.1 Å². The predicted molar refractivity (Wildman–Crippen MR) is 107 cm³/mol. The number of carbonyl (C=O) groups excluding carboxylic acids is 2. The molecule has 0 aromatic heterocycles. The van der Waals surface area contributed by atoms with Crippen molar-refractivity contribution in [3.8, 4) is 17.2 Å². The summed E-state index contributed by atoms with van der Waals surface area (Å²) in [6, 6.07) is 6.95. The van der Waals surface area contributed by atoms with Gasteiger partial charge < -0.3 is 24.7 Å². The lowest BCUT2D eigenvalue weighted by molar-refractivity contribution is -0.385. The molecule has 158 valence electrons. The van der Waals surface area contributed by atoms with E-state index in [1.807, 2.05) is 0 Å². The summed E-state index contributed by atoms with van der Waals surface area (Å²) in [4.78, 5) is 33.7. The van der Waals surface area contributed by atoms with Crippen molar-refractivity contribution < 1.29 is 33.5 Å². The van der Waals surface area contributed by atoms with Crippen molar-refractivity contribution >= 4 is 23.6 Å². The molecule has 2 aromatic rings. The molecular weight excluding hydrogens is 396 g/mol. The minimum Gasteiger partial charge on any atom is -0.493 e. The summed E-state index contributed by atoms with van der Waals surface area (Å²) in [6.45, 7) is -0.353. The van der Waals surface area contributed by atoms with Crippen LogP contribution in [0, 0.1) is 10.1 Å². The van der Waals surface area contributed by atoms with Gasteiger partial charge in [-0.1, -0.05) is 0 Å². The van der Waals surface area contributed by atoms with Gasteiger partial charge in [-0.15, -0.1) is 0 Å². The largest absolute Gasteiger partial charge is 0.493 e. The quantitative estimate of drug-likeness (QED) is 0.284. The van der Waals surface area contributed by atoms with Crippen molar-refractivity contribution in [1.82, 2.24) is 0 Å². The second-order valence-corrected chi connectivity index (χ2v) is 5.86. The molecule has 0 saturated heterocycles. The summed E-state index contributed by atoms with van der Waals surface area (Å²) in [5, 5.41) is 11.2. The summed E-state index contributed by atoms with van der Waals surface area (Å²) >= 11 is 0. The van der Waals surface area contributed by atoms with Gasteiger partial charge in [0.05, 0.1) is 31.8 Å². The summed E-state index contributed by atoms with van der Waals surface area (Å²) in [5.74, 6) is -0.288. The lowest BCUT2D eigenvalue weighted by Crippen LogP contribution is -2.12. The smallest absolute Gasteiger partial charge is 0.331 e. The topological polar surface area (TPSA) is 140 Å². The summed E-state index contributed by atoms with van der Waals surface area (Å²) in [5.41, 5.74) is 5.45. The lowest BCUT2D eigenvalue weighted by Gasteiger charge is -2.12. The number of nitrogens with two attached hydrogens (primary N) is 1. The van der Waals surface area contributed by atoms with Gasteiger partial charge in [0.2, 0.25) is 11.7 Å². The van der Waals surface area contributed by atoms with Crippen LogP contribution in [0.1, 0.15) is 21.5 Å². The zero-order chi connectivity index (χ0) is 22.3. The Hall–Kier alpha value is -4.08. The SMILES string of the molecule is COc1cc(/C=C/C(=O)OCc2ccc(C(N)=O)cc2[N+](=O)[O-])cc(OC)c1OC. The molecule has 10 nitrogen and oxygen atoms in total. The van der Waals surface area contributed by atoms with E-state index < -0.39 is 16.8 Å². The number of hydrogen-bond donors (Lipinski definition) is 1. The highest BCUT2D eigenvalue weighted by atomic mass is 16.6. The molecule has 30 heavy (non-hydrogen) atoms. The molecule has 2 N–H and O–H groups in total. The maximum absolute atomic E-state index is 12.0. The fourth-order valence-corrected chi connectivity index (χ4v) is 2.57. The van der Waals surface area contributed by atoms with Gasteiger partial charge in [-0.05, 0) is 35.9 Å². The minimum absolute atomic E-state index is 0.0147. The molecule has 0 spiro atoms. The van der Waals surface area contributed by atoms with E-state index >= 15 is 0 Å². The maximum atomic E-state index is 12.0. The van der Waals surface area contributed by atoms with Gasteiger partial charge in [0.1, 0.15) is 6.61 Å². The maximum Gasteiger partial charge on any atom is 0.331 e. The van der Waals surface area contributed by atoms with Gasteiger partial charge in [-0.25, -0.2) is 4.79 Å². The Morgan fingerprint density at radius 2 is 1.70 bits per heavy atom. The second kappa shape index (κ2) is 9.92. The molecular formula is C20H20N2O8. The number of carbonyl (C=O) groups is 2. The van der Waals surface area contributed by atoms with Gasteiger partial charge in [0, 0.05) is 17.7 Å². The van der Waals surface area contributed by atoms with E-state index in [4.69, 9.17) is 24.7 Å². The van der Waals surface area contributed by atoms with Gasteiger partial charge in [-0.3, -0.25) is 14.9 Å². The fourth-order valence-electron chi connectivity index (χ4n) is 2.57. The first-order valence-electron chi connectivity index (χ1n) is 8.52. The van der Waals surface area contributed by atoms with E-state index in [9.17, 15) is 19.7 Å². The van der Waals surface area contributed by atoms with E-state index in [-0.39, 0.29) is 23.4 Å². The Kier molecular flexibility index (Phi) is 7.34. The first-order valence-corrected chi connectivity index (χ1v) is 8.52. The molecule has 0 atom stereocenters. The van der Waals surface area contributed by atoms with Crippen LogP contribution in [0.3, 0.4) is 0 Å². The first kappa shape index (κ1) is 22.2. The molecule has 0 unspecified atom stereocenters. The number of nitrogens with zero attached hydrogens (tertiary/aromatic N) is 1. The number of amides is 1. The first-order chi connectivity index (χ1) is 14.3. The molecule has 1 amide bonds. The van der Waals surface area contributed by atoms with Crippen LogP contribution < -0.4 is 19.9 Å². The van der Waals surface area contributed by atoms with Crippen LogP contribution >= 0.6 is 0 Å². The Bertz CT molecular complexity index is 975. The van der Waals surface area contributed by atoms with Crippen molar-refractivity contribution in [2.75, 3.05) is 21.3 Å². The van der Waals surface area contributed by atoms with Crippen LogP contribution in [0.15, 0.2) is 36.4 Å². The highest BCUT2D eigenvalue weighted by Gasteiger charge is 2.17. The van der Waals surface area contributed by atoms with Gasteiger partial charge >= 0.3 is 5.97 Å². The predicted octanol–water partition coefficient (Wildman–Crippen LogP) is 2.48. The molecule has 0 aliphatic heterocycles. The van der Waals surface area contributed by atoms with Crippen LogP contribution in [0.2, 0.25) is 0 Å². The van der Waals surface area contributed by atoms with Gasteiger partial charge in [0.15, 0.2) is 11.5 Å². The van der Waals surface area contributed by atoms with Gasteiger partial charge in [0.25, 0.3) is 5.69 Å². The summed E-state index contributed by atoms with van der Waals surface area (Å²) in [6.07, 6.45) is 2.63. The van der Waals surface area contributed by atoms with Crippen LogP contribution in [0.5, 0.6) is 17.2 Å². The Labute approximate surface area is 171 Å². The number of primary amides is 1. The Morgan fingerprint density at radius 3 is 2.20 bits per heavy atom. The normalized spacial score (nSPS) is 10.5. The average molecular weight is 416 g/mol. The fraction of sp³-hybridized carbons (Fsp3) is 0.200. The van der Waals surface area contributed by atoms with Crippen molar-refractivity contribution in [2.24, 2.45) is 5.73 Å². The number of benzene rings is 2. The third kappa shape index (κ3) is 5.25. The second-order valence-electron chi connectivity index (χ2n) is 5.86. The number of nitro groups is 1. The highest BCUT2D eigenvalue weighted by Crippen LogP contribution is 2.38. The number of nitro benzene ring substituents is 1. The third-order valence-corrected chi connectivity index (χ3v) is 4.04. The Morgan fingerprint density at radius 1 is 1.07 bits per heavy atom. The number of hydrogen-bond acceptors (Lipinski definition) is 8.